The van der Waals surface area contributed by atoms with Crippen molar-refractivity contribution in [3.05, 3.63) is 28.8 Å². The Hall–Kier alpha value is -0.930. The zero-order chi connectivity index (χ0) is 12.8. The van der Waals surface area contributed by atoms with Crippen molar-refractivity contribution < 1.29 is 9.53 Å². The van der Waals surface area contributed by atoms with Gasteiger partial charge in [0.2, 0.25) is 0 Å². The number of ether oxygens (including phenoxy) is 1. The number of nitrogens with one attached hydrogen (secondary N) is 1. The van der Waals surface area contributed by atoms with E-state index < -0.39 is 0 Å². The van der Waals surface area contributed by atoms with Crippen molar-refractivity contribution >= 4 is 29.1 Å². The molecule has 0 heterocycles. The molecule has 0 aliphatic carbocycles. The third-order valence-corrected chi connectivity index (χ3v) is 2.78. The summed E-state index contributed by atoms with van der Waals surface area (Å²) in [5.41, 5.74) is 0.432. The minimum absolute atomic E-state index is 0.0173. The van der Waals surface area contributed by atoms with E-state index in [0.29, 0.717) is 22.2 Å². The number of benzene rings is 1. The van der Waals surface area contributed by atoms with Crippen LogP contribution >= 0.6 is 23.2 Å². The highest BCUT2D eigenvalue weighted by molar-refractivity contribution is 6.31. The Labute approximate surface area is 111 Å². The van der Waals surface area contributed by atoms with E-state index in [-0.39, 0.29) is 11.9 Å². The van der Waals surface area contributed by atoms with Crippen molar-refractivity contribution in [1.29, 1.82) is 0 Å². The Morgan fingerprint density at radius 2 is 2.24 bits per heavy atom. The smallest absolute Gasteiger partial charge is 0.255 e. The van der Waals surface area contributed by atoms with E-state index in [1.807, 2.05) is 6.92 Å². The molecule has 0 fully saturated rings. The number of alkyl halides is 1. The maximum Gasteiger partial charge on any atom is 0.255 e. The molecule has 0 aromatic heterocycles. The number of hydrogen-bond donors (Lipinski definition) is 1. The topological polar surface area (TPSA) is 38.3 Å². The highest BCUT2D eigenvalue weighted by Gasteiger charge is 2.14. The van der Waals surface area contributed by atoms with Crippen LogP contribution in [0.4, 0.5) is 0 Å². The standard InChI is InChI=1S/C12H15Cl2NO2/c1-8(5-6-13)15-12(16)10-7-9(14)3-4-11(10)17-2/h3-4,7-8H,5-6H2,1-2H3,(H,15,16). The first-order chi connectivity index (χ1) is 8.08. The fourth-order valence-corrected chi connectivity index (χ4v) is 1.89. The largest absolute Gasteiger partial charge is 0.496 e. The van der Waals surface area contributed by atoms with Crippen LogP contribution in [0.25, 0.3) is 0 Å². The molecule has 0 saturated heterocycles. The maximum atomic E-state index is 12.0. The molecule has 0 saturated carbocycles. The van der Waals surface area contributed by atoms with Gasteiger partial charge in [-0.3, -0.25) is 4.79 Å². The first-order valence-corrected chi connectivity index (χ1v) is 6.20. The SMILES string of the molecule is COc1ccc(Cl)cc1C(=O)NC(C)CCCl. The van der Waals surface area contributed by atoms with Gasteiger partial charge >= 0.3 is 0 Å². The van der Waals surface area contributed by atoms with Crippen LogP contribution in [0, 0.1) is 0 Å². The number of hydrogen-bond acceptors (Lipinski definition) is 2. The Balaban J connectivity index is 2.83. The summed E-state index contributed by atoms with van der Waals surface area (Å²) in [6.45, 7) is 1.90. The van der Waals surface area contributed by atoms with Gasteiger partial charge in [0, 0.05) is 16.9 Å². The van der Waals surface area contributed by atoms with Crippen LogP contribution in [0.2, 0.25) is 5.02 Å². The molecule has 1 amide bonds. The van der Waals surface area contributed by atoms with Crippen molar-refractivity contribution in [3.63, 3.8) is 0 Å². The normalized spacial score (nSPS) is 12.0. The van der Waals surface area contributed by atoms with Crippen LogP contribution in [-0.4, -0.2) is 24.9 Å². The monoisotopic (exact) mass is 275 g/mol. The summed E-state index contributed by atoms with van der Waals surface area (Å²) < 4.78 is 5.12. The average Bonchev–Trinajstić information content (AvgIpc) is 2.29. The zero-order valence-electron chi connectivity index (χ0n) is 9.80. The zero-order valence-corrected chi connectivity index (χ0v) is 11.3. The van der Waals surface area contributed by atoms with Crippen LogP contribution in [-0.2, 0) is 0 Å². The van der Waals surface area contributed by atoms with Gasteiger partial charge in [-0.2, -0.15) is 0 Å². The lowest BCUT2D eigenvalue weighted by Crippen LogP contribution is -2.33. The van der Waals surface area contributed by atoms with E-state index in [2.05, 4.69) is 5.32 Å². The molecule has 1 N–H and O–H groups in total. The molecule has 17 heavy (non-hydrogen) atoms. The minimum Gasteiger partial charge on any atom is -0.496 e. The van der Waals surface area contributed by atoms with E-state index >= 15 is 0 Å². The Bertz CT molecular complexity index is 396. The predicted octanol–water partition coefficient (Wildman–Crippen LogP) is 3.10. The third kappa shape index (κ3) is 4.10. The molecular weight excluding hydrogens is 261 g/mol. The molecule has 1 rings (SSSR count). The number of halogens is 2. The first kappa shape index (κ1) is 14.1. The Kier molecular flexibility index (Phi) is 5.59. The summed E-state index contributed by atoms with van der Waals surface area (Å²) in [5.74, 6) is 0.806. The second-order valence-corrected chi connectivity index (χ2v) is 4.51. The number of rotatable bonds is 5. The second kappa shape index (κ2) is 6.72. The van der Waals surface area contributed by atoms with Crippen molar-refractivity contribution in [3.8, 4) is 5.75 Å². The lowest BCUT2D eigenvalue weighted by atomic mass is 10.1. The molecule has 3 nitrogen and oxygen atoms in total. The number of methoxy groups -OCH3 is 1. The summed E-state index contributed by atoms with van der Waals surface area (Å²) in [6, 6.07) is 4.95. The van der Waals surface area contributed by atoms with E-state index in [9.17, 15) is 4.79 Å². The van der Waals surface area contributed by atoms with E-state index in [1.165, 1.54) is 7.11 Å². The van der Waals surface area contributed by atoms with E-state index in [4.69, 9.17) is 27.9 Å². The van der Waals surface area contributed by atoms with Gasteiger partial charge in [-0.05, 0) is 31.5 Å². The number of carbonyl (C=O) groups is 1. The summed E-state index contributed by atoms with van der Waals surface area (Å²) in [5, 5.41) is 3.34. The van der Waals surface area contributed by atoms with Gasteiger partial charge in [-0.15, -0.1) is 11.6 Å². The average molecular weight is 276 g/mol. The lowest BCUT2D eigenvalue weighted by Gasteiger charge is -2.14. The molecule has 1 aromatic rings. The van der Waals surface area contributed by atoms with E-state index in [0.717, 1.165) is 6.42 Å². The summed E-state index contributed by atoms with van der Waals surface area (Å²) >= 11 is 11.5. The van der Waals surface area contributed by atoms with Crippen LogP contribution in [0.1, 0.15) is 23.7 Å². The van der Waals surface area contributed by atoms with Crippen LogP contribution in [0.15, 0.2) is 18.2 Å². The fourth-order valence-electron chi connectivity index (χ4n) is 1.40. The van der Waals surface area contributed by atoms with Gasteiger partial charge in [0.05, 0.1) is 12.7 Å². The fraction of sp³-hybridized carbons (Fsp3) is 0.417. The van der Waals surface area contributed by atoms with Gasteiger partial charge in [0.25, 0.3) is 5.91 Å². The van der Waals surface area contributed by atoms with Gasteiger partial charge in [0.15, 0.2) is 0 Å². The van der Waals surface area contributed by atoms with Gasteiger partial charge in [0.1, 0.15) is 5.75 Å². The molecular formula is C12H15Cl2NO2. The minimum atomic E-state index is -0.207. The molecule has 5 heteroatoms. The molecule has 0 bridgehead atoms. The van der Waals surface area contributed by atoms with E-state index in [1.54, 1.807) is 18.2 Å². The summed E-state index contributed by atoms with van der Waals surface area (Å²) in [7, 11) is 1.52. The molecule has 1 aromatic carbocycles. The molecule has 1 atom stereocenters. The van der Waals surface area contributed by atoms with Crippen molar-refractivity contribution in [1.82, 2.24) is 5.32 Å². The highest BCUT2D eigenvalue weighted by Crippen LogP contribution is 2.22. The summed E-state index contributed by atoms with van der Waals surface area (Å²) in [6.07, 6.45) is 0.718. The number of amides is 1. The van der Waals surface area contributed by atoms with Gasteiger partial charge in [-0.1, -0.05) is 11.6 Å². The van der Waals surface area contributed by atoms with Gasteiger partial charge in [-0.25, -0.2) is 0 Å². The molecule has 0 aliphatic rings. The van der Waals surface area contributed by atoms with Crippen LogP contribution in [0.5, 0.6) is 5.75 Å². The van der Waals surface area contributed by atoms with Crippen molar-refractivity contribution in [2.24, 2.45) is 0 Å². The molecule has 0 spiro atoms. The van der Waals surface area contributed by atoms with Crippen LogP contribution in [0.3, 0.4) is 0 Å². The Morgan fingerprint density at radius 1 is 1.53 bits per heavy atom. The molecule has 94 valence electrons. The second-order valence-electron chi connectivity index (χ2n) is 3.70. The molecule has 0 radical (unpaired) electrons. The lowest BCUT2D eigenvalue weighted by molar-refractivity contribution is 0.0936. The molecule has 1 unspecified atom stereocenters. The quantitative estimate of drug-likeness (QED) is 0.839. The number of carbonyl (C=O) groups excluding carboxylic acids is 1. The van der Waals surface area contributed by atoms with Crippen molar-refractivity contribution in [2.75, 3.05) is 13.0 Å². The summed E-state index contributed by atoms with van der Waals surface area (Å²) in [4.78, 5) is 12.0. The van der Waals surface area contributed by atoms with Crippen LogP contribution < -0.4 is 10.1 Å². The van der Waals surface area contributed by atoms with Gasteiger partial charge < -0.3 is 10.1 Å². The van der Waals surface area contributed by atoms with Crippen molar-refractivity contribution in [2.45, 2.75) is 19.4 Å². The maximum absolute atomic E-state index is 12.0. The first-order valence-electron chi connectivity index (χ1n) is 5.29. The highest BCUT2D eigenvalue weighted by atomic mass is 35.5. The molecule has 0 aliphatic heterocycles. The predicted molar refractivity (Wildman–Crippen MR) is 70.3 cm³/mol. The third-order valence-electron chi connectivity index (χ3n) is 2.33. The Morgan fingerprint density at radius 3 is 2.82 bits per heavy atom.